The van der Waals surface area contributed by atoms with Crippen LogP contribution in [0.3, 0.4) is 0 Å². The summed E-state index contributed by atoms with van der Waals surface area (Å²) in [6, 6.07) is 7.39. The molecule has 0 spiro atoms. The van der Waals surface area contributed by atoms with E-state index in [1.54, 1.807) is 12.1 Å². The van der Waals surface area contributed by atoms with Gasteiger partial charge in [-0.2, -0.15) is 4.98 Å². The van der Waals surface area contributed by atoms with Gasteiger partial charge in [0.25, 0.3) is 5.56 Å². The Labute approximate surface area is 125 Å². The maximum Gasteiger partial charge on any atom is 0.262 e. The lowest BCUT2D eigenvalue weighted by atomic mass is 10.1. The first-order valence-electron chi connectivity index (χ1n) is 6.29. The zero-order valence-corrected chi connectivity index (χ0v) is 12.9. The second kappa shape index (κ2) is 6.19. The van der Waals surface area contributed by atoms with Gasteiger partial charge in [0.2, 0.25) is 5.88 Å². The van der Waals surface area contributed by atoms with Crippen LogP contribution in [-0.4, -0.2) is 21.1 Å². The minimum atomic E-state index is -0.347. The number of halogens is 1. The van der Waals surface area contributed by atoms with E-state index in [1.807, 2.05) is 26.0 Å². The molecule has 0 aliphatic rings. The van der Waals surface area contributed by atoms with E-state index >= 15 is 0 Å². The molecule has 6 heteroatoms. The molecule has 0 amide bonds. The third kappa shape index (κ3) is 3.46. The molecule has 2 aromatic rings. The fourth-order valence-electron chi connectivity index (χ4n) is 1.77. The molecule has 1 heterocycles. The molecule has 20 heavy (non-hydrogen) atoms. The van der Waals surface area contributed by atoms with Gasteiger partial charge < -0.3 is 15.4 Å². The Morgan fingerprint density at radius 3 is 2.55 bits per heavy atom. The van der Waals surface area contributed by atoms with Crippen molar-refractivity contribution in [3.05, 3.63) is 44.9 Å². The van der Waals surface area contributed by atoms with Crippen molar-refractivity contribution < 1.29 is 5.11 Å². The number of H-pyrrole nitrogens is 1. The van der Waals surface area contributed by atoms with E-state index in [0.29, 0.717) is 17.9 Å². The number of hydrogen-bond donors (Lipinski definition) is 3. The number of aromatic hydroxyl groups is 1. The highest BCUT2D eigenvalue weighted by atomic mass is 79.9. The van der Waals surface area contributed by atoms with E-state index in [0.717, 1.165) is 4.47 Å². The topological polar surface area (TPSA) is 78.0 Å². The molecule has 0 radical (unpaired) electrons. The van der Waals surface area contributed by atoms with Crippen molar-refractivity contribution in [2.75, 3.05) is 0 Å². The van der Waals surface area contributed by atoms with Crippen molar-refractivity contribution in [2.45, 2.75) is 26.4 Å². The number of rotatable bonds is 4. The number of aromatic amines is 1. The van der Waals surface area contributed by atoms with Gasteiger partial charge in [-0.1, -0.05) is 41.9 Å². The van der Waals surface area contributed by atoms with Crippen molar-refractivity contribution in [1.82, 2.24) is 15.3 Å². The zero-order chi connectivity index (χ0) is 14.7. The molecule has 5 nitrogen and oxygen atoms in total. The number of nitrogens with zero attached hydrogens (tertiary/aromatic N) is 1. The Bertz CT molecular complexity index is 650. The van der Waals surface area contributed by atoms with E-state index in [2.05, 4.69) is 31.2 Å². The molecule has 0 saturated carbocycles. The van der Waals surface area contributed by atoms with Crippen molar-refractivity contribution in [2.24, 2.45) is 0 Å². The third-order valence-electron chi connectivity index (χ3n) is 2.76. The average Bonchev–Trinajstić information content (AvgIpc) is 2.38. The molecule has 1 aromatic carbocycles. The van der Waals surface area contributed by atoms with Gasteiger partial charge in [0, 0.05) is 10.5 Å². The van der Waals surface area contributed by atoms with E-state index < -0.39 is 0 Å². The highest BCUT2D eigenvalue weighted by Crippen LogP contribution is 2.24. The van der Waals surface area contributed by atoms with Crippen LogP contribution < -0.4 is 10.9 Å². The largest absolute Gasteiger partial charge is 0.493 e. The van der Waals surface area contributed by atoms with Crippen molar-refractivity contribution >= 4 is 15.9 Å². The second-order valence-electron chi connectivity index (χ2n) is 4.75. The van der Waals surface area contributed by atoms with Crippen LogP contribution in [0.2, 0.25) is 0 Å². The van der Waals surface area contributed by atoms with Crippen LogP contribution in [0, 0.1) is 0 Å². The van der Waals surface area contributed by atoms with Crippen LogP contribution in [-0.2, 0) is 6.54 Å². The lowest BCUT2D eigenvalue weighted by Gasteiger charge is -2.09. The Morgan fingerprint density at radius 2 is 2.00 bits per heavy atom. The average molecular weight is 338 g/mol. The monoisotopic (exact) mass is 337 g/mol. The summed E-state index contributed by atoms with van der Waals surface area (Å²) in [6.45, 7) is 4.39. The van der Waals surface area contributed by atoms with E-state index in [4.69, 9.17) is 0 Å². The predicted molar refractivity (Wildman–Crippen MR) is 81.6 cm³/mol. The van der Waals surface area contributed by atoms with Gasteiger partial charge in [0.15, 0.2) is 0 Å². The Hall–Kier alpha value is -1.66. The normalized spacial score (nSPS) is 11.0. The second-order valence-corrected chi connectivity index (χ2v) is 5.67. The van der Waals surface area contributed by atoms with Crippen molar-refractivity contribution in [1.29, 1.82) is 0 Å². The smallest absolute Gasteiger partial charge is 0.262 e. The minimum absolute atomic E-state index is 0.186. The molecule has 106 valence electrons. The fourth-order valence-corrected chi connectivity index (χ4v) is 2.03. The van der Waals surface area contributed by atoms with Crippen LogP contribution in [0.5, 0.6) is 5.88 Å². The Balaban J connectivity index is 2.36. The summed E-state index contributed by atoms with van der Waals surface area (Å²) >= 11 is 3.33. The molecule has 1 aromatic heterocycles. The number of aromatic nitrogens is 2. The van der Waals surface area contributed by atoms with Crippen LogP contribution in [0.25, 0.3) is 11.1 Å². The molecule has 0 atom stereocenters. The lowest BCUT2D eigenvalue weighted by molar-refractivity contribution is 0.446. The Kier molecular flexibility index (Phi) is 4.57. The zero-order valence-electron chi connectivity index (χ0n) is 11.3. The van der Waals surface area contributed by atoms with Gasteiger partial charge in [-0.25, -0.2) is 0 Å². The first-order chi connectivity index (χ1) is 9.47. The highest BCUT2D eigenvalue weighted by molar-refractivity contribution is 9.10. The maximum absolute atomic E-state index is 12.1. The Morgan fingerprint density at radius 1 is 1.35 bits per heavy atom. The van der Waals surface area contributed by atoms with Gasteiger partial charge in [-0.3, -0.25) is 4.79 Å². The number of nitrogens with one attached hydrogen (secondary N) is 2. The molecule has 0 bridgehead atoms. The number of hydrogen-bond acceptors (Lipinski definition) is 4. The van der Waals surface area contributed by atoms with Crippen molar-refractivity contribution in [3.63, 3.8) is 0 Å². The summed E-state index contributed by atoms with van der Waals surface area (Å²) in [4.78, 5) is 18.8. The summed E-state index contributed by atoms with van der Waals surface area (Å²) in [7, 11) is 0. The summed E-state index contributed by atoms with van der Waals surface area (Å²) in [5, 5.41) is 13.1. The summed E-state index contributed by atoms with van der Waals surface area (Å²) in [6.07, 6.45) is 0. The molecule has 0 fully saturated rings. The third-order valence-corrected chi connectivity index (χ3v) is 3.29. The maximum atomic E-state index is 12.1. The summed E-state index contributed by atoms with van der Waals surface area (Å²) < 4.78 is 0.905. The highest BCUT2D eigenvalue weighted by Gasteiger charge is 2.13. The van der Waals surface area contributed by atoms with Crippen molar-refractivity contribution in [3.8, 4) is 17.0 Å². The number of benzene rings is 1. The van der Waals surface area contributed by atoms with Crippen LogP contribution in [0.4, 0.5) is 0 Å². The molecular weight excluding hydrogens is 322 g/mol. The van der Waals surface area contributed by atoms with Gasteiger partial charge in [0.1, 0.15) is 11.4 Å². The molecular formula is C14H16BrN3O2. The van der Waals surface area contributed by atoms with Gasteiger partial charge in [-0.05, 0) is 17.7 Å². The quantitative estimate of drug-likeness (QED) is 0.800. The van der Waals surface area contributed by atoms with Crippen LogP contribution in [0.1, 0.15) is 19.7 Å². The summed E-state index contributed by atoms with van der Waals surface area (Å²) in [5.74, 6) is 0.165. The molecule has 0 aliphatic carbocycles. The lowest BCUT2D eigenvalue weighted by Crippen LogP contribution is -2.25. The molecule has 3 N–H and O–H groups in total. The first-order valence-corrected chi connectivity index (χ1v) is 7.08. The minimum Gasteiger partial charge on any atom is -0.493 e. The molecule has 0 unspecified atom stereocenters. The first kappa shape index (κ1) is 14.7. The van der Waals surface area contributed by atoms with Gasteiger partial charge >= 0.3 is 0 Å². The fraction of sp³-hybridized carbons (Fsp3) is 0.286. The standard InChI is InChI=1S/C14H16BrN3O2/c1-8(2)16-7-11-17-13(19)12(14(20)18-11)9-3-5-10(15)6-4-9/h3-6,8,16H,7H2,1-2H3,(H2,17,18,19,20). The van der Waals surface area contributed by atoms with Crippen LogP contribution >= 0.6 is 15.9 Å². The van der Waals surface area contributed by atoms with E-state index in [1.165, 1.54) is 0 Å². The molecule has 0 aliphatic heterocycles. The molecule has 0 saturated heterocycles. The predicted octanol–water partition coefficient (Wildman–Crippen LogP) is 2.40. The van der Waals surface area contributed by atoms with E-state index in [9.17, 15) is 9.90 Å². The SMILES string of the molecule is CC(C)NCc1nc(O)c(-c2ccc(Br)cc2)c(=O)[nH]1. The van der Waals surface area contributed by atoms with Gasteiger partial charge in [0.05, 0.1) is 6.54 Å². The van der Waals surface area contributed by atoms with E-state index in [-0.39, 0.29) is 23.0 Å². The summed E-state index contributed by atoms with van der Waals surface area (Å²) in [5.41, 5.74) is 0.467. The van der Waals surface area contributed by atoms with Crippen LogP contribution in [0.15, 0.2) is 33.5 Å². The van der Waals surface area contributed by atoms with Gasteiger partial charge in [-0.15, -0.1) is 0 Å². The molecule has 2 rings (SSSR count).